The molecular formula is C44H27N3S. The zero-order valence-electron chi connectivity index (χ0n) is 25.8. The van der Waals surface area contributed by atoms with Crippen LogP contribution in [-0.4, -0.2) is 14.5 Å². The fourth-order valence-corrected chi connectivity index (χ4v) is 8.50. The Morgan fingerprint density at radius 3 is 1.77 bits per heavy atom. The van der Waals surface area contributed by atoms with Gasteiger partial charge < -0.3 is 4.57 Å². The smallest absolute Gasteiger partial charge is 0.160 e. The van der Waals surface area contributed by atoms with Crippen molar-refractivity contribution in [3.63, 3.8) is 0 Å². The second-order valence-electron chi connectivity index (χ2n) is 12.2. The van der Waals surface area contributed by atoms with Crippen molar-refractivity contribution in [3.05, 3.63) is 164 Å². The molecule has 3 heterocycles. The third kappa shape index (κ3) is 4.13. The van der Waals surface area contributed by atoms with E-state index in [1.807, 2.05) is 23.5 Å². The number of fused-ring (bicyclic) bond motifs is 7. The Morgan fingerprint density at radius 2 is 1.02 bits per heavy atom. The number of benzene rings is 7. The quantitative estimate of drug-likeness (QED) is 0.194. The molecule has 0 aliphatic rings. The zero-order valence-corrected chi connectivity index (χ0v) is 26.7. The highest BCUT2D eigenvalue weighted by atomic mass is 32.1. The molecule has 0 N–H and O–H groups in total. The van der Waals surface area contributed by atoms with Gasteiger partial charge >= 0.3 is 0 Å². The Bertz CT molecular complexity index is 2770. The number of nitrogens with zero attached hydrogens (tertiary/aromatic N) is 3. The van der Waals surface area contributed by atoms with Gasteiger partial charge in [0.2, 0.25) is 0 Å². The summed E-state index contributed by atoms with van der Waals surface area (Å²) in [5.74, 6) is 0.724. The van der Waals surface area contributed by atoms with E-state index < -0.39 is 0 Å². The Morgan fingerprint density at radius 1 is 0.417 bits per heavy atom. The van der Waals surface area contributed by atoms with Gasteiger partial charge in [-0.15, -0.1) is 11.3 Å². The van der Waals surface area contributed by atoms with Gasteiger partial charge in [0.05, 0.1) is 27.9 Å². The van der Waals surface area contributed by atoms with Crippen molar-refractivity contribution in [1.29, 1.82) is 0 Å². The minimum Gasteiger partial charge on any atom is -0.309 e. The van der Waals surface area contributed by atoms with Crippen molar-refractivity contribution in [2.45, 2.75) is 0 Å². The zero-order chi connectivity index (χ0) is 31.6. The highest BCUT2D eigenvalue weighted by molar-refractivity contribution is 7.26. The normalized spacial score (nSPS) is 11.8. The standard InChI is InChI=1S/C44H27N3S/c1-2-12-29(13-3-1)42-35-17-4-8-18-36(35)45-44(46-42)30-24-22-28(23-25-30)41-39(27-26-34-33-16-7-11-21-40(33)48-43(34)41)47-37-19-9-5-14-31(37)32-15-6-10-20-38(32)47/h1-27H. The van der Waals surface area contributed by atoms with Crippen molar-refractivity contribution in [3.8, 4) is 39.5 Å². The molecule has 0 atom stereocenters. The van der Waals surface area contributed by atoms with Crippen LogP contribution < -0.4 is 0 Å². The maximum absolute atomic E-state index is 5.14. The topological polar surface area (TPSA) is 30.7 Å². The van der Waals surface area contributed by atoms with Gasteiger partial charge in [-0.25, -0.2) is 9.97 Å². The molecule has 0 aliphatic carbocycles. The minimum atomic E-state index is 0.724. The van der Waals surface area contributed by atoms with Crippen LogP contribution in [0.3, 0.4) is 0 Å². The average Bonchev–Trinajstić information content (AvgIpc) is 3.70. The van der Waals surface area contributed by atoms with Crippen molar-refractivity contribution >= 4 is 64.2 Å². The third-order valence-corrected chi connectivity index (χ3v) is 10.6. The van der Waals surface area contributed by atoms with Gasteiger partial charge in [0.15, 0.2) is 5.82 Å². The summed E-state index contributed by atoms with van der Waals surface area (Å²) in [6, 6.07) is 58.3. The number of rotatable bonds is 4. The minimum absolute atomic E-state index is 0.724. The lowest BCUT2D eigenvalue weighted by molar-refractivity contribution is 1.19. The average molecular weight is 630 g/mol. The second kappa shape index (κ2) is 10.7. The van der Waals surface area contributed by atoms with E-state index in [0.29, 0.717) is 0 Å². The first-order chi connectivity index (χ1) is 23.8. The Balaban J connectivity index is 1.21. The maximum atomic E-state index is 5.14. The molecule has 0 saturated heterocycles. The molecule has 0 aliphatic heterocycles. The molecule has 0 bridgehead atoms. The molecular weight excluding hydrogens is 603 g/mol. The summed E-state index contributed by atoms with van der Waals surface area (Å²) in [5, 5.41) is 6.14. The predicted molar refractivity (Wildman–Crippen MR) is 203 cm³/mol. The van der Waals surface area contributed by atoms with Crippen LogP contribution in [0.2, 0.25) is 0 Å². The van der Waals surface area contributed by atoms with E-state index in [1.54, 1.807) is 0 Å². The summed E-state index contributed by atoms with van der Waals surface area (Å²) in [7, 11) is 0. The fourth-order valence-electron chi connectivity index (χ4n) is 7.23. The first-order valence-electron chi connectivity index (χ1n) is 16.2. The molecule has 10 aromatic rings. The number of hydrogen-bond acceptors (Lipinski definition) is 3. The van der Waals surface area contributed by atoms with Crippen molar-refractivity contribution in [2.75, 3.05) is 0 Å². The molecule has 10 rings (SSSR count). The lowest BCUT2D eigenvalue weighted by Crippen LogP contribution is -1.98. The molecule has 4 heteroatoms. The van der Waals surface area contributed by atoms with E-state index in [2.05, 4.69) is 156 Å². The van der Waals surface area contributed by atoms with Gasteiger partial charge in [0.25, 0.3) is 0 Å². The van der Waals surface area contributed by atoms with Crippen LogP contribution in [0.5, 0.6) is 0 Å². The lowest BCUT2D eigenvalue weighted by Gasteiger charge is -2.16. The van der Waals surface area contributed by atoms with Crippen LogP contribution in [0.4, 0.5) is 0 Å². The summed E-state index contributed by atoms with van der Waals surface area (Å²) in [5.41, 5.74) is 9.94. The number of thiophene rings is 1. The fraction of sp³-hybridized carbons (Fsp3) is 0. The van der Waals surface area contributed by atoms with Gasteiger partial charge in [0, 0.05) is 53.0 Å². The summed E-state index contributed by atoms with van der Waals surface area (Å²) in [6.07, 6.45) is 0. The van der Waals surface area contributed by atoms with Gasteiger partial charge in [-0.3, -0.25) is 0 Å². The Hall–Kier alpha value is -6.10. The van der Waals surface area contributed by atoms with Crippen LogP contribution in [0, 0.1) is 0 Å². The largest absolute Gasteiger partial charge is 0.309 e. The van der Waals surface area contributed by atoms with Gasteiger partial charge in [-0.1, -0.05) is 133 Å². The molecule has 0 spiro atoms. The van der Waals surface area contributed by atoms with Crippen LogP contribution in [0.15, 0.2) is 164 Å². The molecule has 0 amide bonds. The molecule has 224 valence electrons. The van der Waals surface area contributed by atoms with E-state index in [1.165, 1.54) is 53.2 Å². The molecule has 3 aromatic heterocycles. The molecule has 3 nitrogen and oxygen atoms in total. The van der Waals surface area contributed by atoms with E-state index in [9.17, 15) is 0 Å². The SMILES string of the molecule is c1ccc(-c2nc(-c3ccc(-c4c(-n5c6ccccc6c6ccccc65)ccc5c4sc4ccccc45)cc3)nc3ccccc23)cc1. The monoisotopic (exact) mass is 629 g/mol. The number of hydrogen-bond donors (Lipinski definition) is 0. The van der Waals surface area contributed by atoms with Crippen LogP contribution in [0.25, 0.3) is 92.3 Å². The molecule has 0 radical (unpaired) electrons. The van der Waals surface area contributed by atoms with Crippen molar-refractivity contribution < 1.29 is 0 Å². The first kappa shape index (κ1) is 27.1. The molecule has 0 unspecified atom stereocenters. The van der Waals surface area contributed by atoms with Crippen LogP contribution in [-0.2, 0) is 0 Å². The molecule has 0 saturated carbocycles. The van der Waals surface area contributed by atoms with Crippen LogP contribution in [0.1, 0.15) is 0 Å². The van der Waals surface area contributed by atoms with Crippen LogP contribution >= 0.6 is 11.3 Å². The summed E-state index contributed by atoms with van der Waals surface area (Å²) >= 11 is 1.87. The van der Waals surface area contributed by atoms with Gasteiger partial charge in [-0.2, -0.15) is 0 Å². The van der Waals surface area contributed by atoms with E-state index in [-0.39, 0.29) is 0 Å². The number of para-hydroxylation sites is 3. The van der Waals surface area contributed by atoms with Crippen molar-refractivity contribution in [2.24, 2.45) is 0 Å². The van der Waals surface area contributed by atoms with E-state index in [4.69, 9.17) is 9.97 Å². The number of aromatic nitrogens is 3. The highest BCUT2D eigenvalue weighted by Crippen LogP contribution is 2.45. The van der Waals surface area contributed by atoms with Gasteiger partial charge in [-0.05, 0) is 35.9 Å². The maximum Gasteiger partial charge on any atom is 0.160 e. The predicted octanol–water partition coefficient (Wildman–Crippen LogP) is 12.1. The van der Waals surface area contributed by atoms with Crippen molar-refractivity contribution in [1.82, 2.24) is 14.5 Å². The first-order valence-corrected chi connectivity index (χ1v) is 17.0. The third-order valence-electron chi connectivity index (χ3n) is 9.43. The van der Waals surface area contributed by atoms with Gasteiger partial charge in [0.1, 0.15) is 0 Å². The molecule has 0 fully saturated rings. The van der Waals surface area contributed by atoms with E-state index >= 15 is 0 Å². The summed E-state index contributed by atoms with van der Waals surface area (Å²) < 4.78 is 5.02. The summed E-state index contributed by atoms with van der Waals surface area (Å²) in [6.45, 7) is 0. The van der Waals surface area contributed by atoms with E-state index in [0.717, 1.165) is 39.1 Å². The lowest BCUT2D eigenvalue weighted by atomic mass is 9.98. The molecule has 7 aromatic carbocycles. The Kier molecular flexibility index (Phi) is 6.05. The summed E-state index contributed by atoms with van der Waals surface area (Å²) in [4.78, 5) is 10.2. The molecule has 48 heavy (non-hydrogen) atoms. The highest BCUT2D eigenvalue weighted by Gasteiger charge is 2.20. The second-order valence-corrected chi connectivity index (χ2v) is 13.2. The Labute approximate surface area is 281 Å².